The van der Waals surface area contributed by atoms with Crippen LogP contribution in [0.2, 0.25) is 0 Å². The Morgan fingerprint density at radius 3 is 2.28 bits per heavy atom. The monoisotopic (exact) mass is 405 g/mol. The van der Waals surface area contributed by atoms with Gasteiger partial charge in [0.2, 0.25) is 6.10 Å². The van der Waals surface area contributed by atoms with Gasteiger partial charge < -0.3 is 14.8 Å². The number of esters is 1. The van der Waals surface area contributed by atoms with Gasteiger partial charge in [-0.15, -0.1) is 13.2 Å². The summed E-state index contributed by atoms with van der Waals surface area (Å²) in [5, 5.41) is 2.81. The molecule has 29 heavy (non-hydrogen) atoms. The number of carbonyl (C=O) groups excluding carboxylic acids is 2. The summed E-state index contributed by atoms with van der Waals surface area (Å²) in [4.78, 5) is 24.6. The number of rotatable bonds is 7. The molecule has 2 aromatic rings. The van der Waals surface area contributed by atoms with Crippen LogP contribution in [0.25, 0.3) is 6.08 Å². The highest BCUT2D eigenvalue weighted by Gasteiger charge is 2.31. The fourth-order valence-corrected chi connectivity index (χ4v) is 2.51. The minimum Gasteiger partial charge on any atom is -0.444 e. The normalized spacial score (nSPS) is 15.0. The zero-order valence-corrected chi connectivity index (χ0v) is 15.2. The molecule has 1 aliphatic carbocycles. The minimum absolute atomic E-state index is 0.111. The van der Waals surface area contributed by atoms with Crippen LogP contribution in [0.1, 0.15) is 30.1 Å². The number of hydrogen-bond acceptors (Lipinski definition) is 4. The van der Waals surface area contributed by atoms with Gasteiger partial charge in [-0.1, -0.05) is 42.5 Å². The van der Waals surface area contributed by atoms with Gasteiger partial charge in [-0.05, 0) is 36.6 Å². The van der Waals surface area contributed by atoms with E-state index in [1.54, 1.807) is 30.3 Å². The highest BCUT2D eigenvalue weighted by molar-refractivity contribution is 5.91. The molecule has 0 aliphatic heterocycles. The Labute approximate surface area is 165 Å². The zero-order valence-electron chi connectivity index (χ0n) is 15.2. The molecule has 152 valence electrons. The van der Waals surface area contributed by atoms with Crippen LogP contribution in [0.5, 0.6) is 5.75 Å². The van der Waals surface area contributed by atoms with Crippen molar-refractivity contribution >= 4 is 18.0 Å². The average Bonchev–Trinajstić information content (AvgIpc) is 3.49. The van der Waals surface area contributed by atoms with E-state index in [0.29, 0.717) is 11.1 Å². The van der Waals surface area contributed by atoms with Crippen molar-refractivity contribution in [3.63, 3.8) is 0 Å². The molecule has 0 bridgehead atoms. The van der Waals surface area contributed by atoms with Crippen molar-refractivity contribution in [3.05, 3.63) is 71.8 Å². The number of carbonyl (C=O) groups is 2. The Morgan fingerprint density at radius 1 is 1.03 bits per heavy atom. The molecular weight excluding hydrogens is 387 g/mol. The van der Waals surface area contributed by atoms with Crippen molar-refractivity contribution in [1.29, 1.82) is 0 Å². The van der Waals surface area contributed by atoms with Crippen LogP contribution in [-0.4, -0.2) is 24.3 Å². The lowest BCUT2D eigenvalue weighted by atomic mass is 10.1. The summed E-state index contributed by atoms with van der Waals surface area (Å²) in [6.45, 7) is 0. The van der Waals surface area contributed by atoms with Crippen LogP contribution < -0.4 is 10.1 Å². The molecule has 1 saturated carbocycles. The third-order valence-corrected chi connectivity index (χ3v) is 4.02. The first kappa shape index (κ1) is 20.4. The first-order valence-corrected chi connectivity index (χ1v) is 8.90. The van der Waals surface area contributed by atoms with E-state index in [2.05, 4.69) is 10.1 Å². The Morgan fingerprint density at radius 2 is 1.69 bits per heavy atom. The Kier molecular flexibility index (Phi) is 6.21. The van der Waals surface area contributed by atoms with Gasteiger partial charge in [0, 0.05) is 17.7 Å². The highest BCUT2D eigenvalue weighted by Crippen LogP contribution is 2.24. The van der Waals surface area contributed by atoms with Gasteiger partial charge in [-0.25, -0.2) is 4.79 Å². The van der Waals surface area contributed by atoms with Gasteiger partial charge >= 0.3 is 12.3 Å². The van der Waals surface area contributed by atoms with Crippen LogP contribution in [0.3, 0.4) is 0 Å². The van der Waals surface area contributed by atoms with E-state index >= 15 is 0 Å². The van der Waals surface area contributed by atoms with E-state index in [0.717, 1.165) is 31.1 Å². The second-order valence-electron chi connectivity index (χ2n) is 6.46. The lowest BCUT2D eigenvalue weighted by Crippen LogP contribution is -2.33. The highest BCUT2D eigenvalue weighted by atomic mass is 19.4. The predicted octanol–water partition coefficient (Wildman–Crippen LogP) is 4.16. The van der Waals surface area contributed by atoms with Gasteiger partial charge in [0.05, 0.1) is 0 Å². The lowest BCUT2D eigenvalue weighted by Gasteiger charge is -2.17. The summed E-state index contributed by atoms with van der Waals surface area (Å²) in [7, 11) is 0. The molecule has 0 radical (unpaired) electrons. The van der Waals surface area contributed by atoms with E-state index in [9.17, 15) is 22.8 Å². The number of benzene rings is 2. The molecule has 0 spiro atoms. The zero-order chi connectivity index (χ0) is 20.9. The molecule has 3 rings (SSSR count). The number of nitrogens with one attached hydrogen (secondary N) is 1. The quantitative estimate of drug-likeness (QED) is 0.555. The molecule has 0 aromatic heterocycles. The first-order chi connectivity index (χ1) is 13.8. The summed E-state index contributed by atoms with van der Waals surface area (Å²) in [6, 6.07) is 13.7. The molecule has 2 aromatic carbocycles. The van der Waals surface area contributed by atoms with Crippen LogP contribution in [0.15, 0.2) is 60.7 Å². The summed E-state index contributed by atoms with van der Waals surface area (Å²) in [6.07, 6.45) is -1.57. The van der Waals surface area contributed by atoms with Gasteiger partial charge in [0.15, 0.2) is 0 Å². The molecule has 1 fully saturated rings. The fraction of sp³-hybridized carbons (Fsp3) is 0.238. The standard InChI is InChI=1S/C21H18F3NO4/c22-21(23,24)29-17-11-6-14(7-12-17)8-13-18(26)28-19(15-4-2-1-3-5-15)20(27)25-16-9-10-16/h1-8,11-13,16,19H,9-10H2,(H,25,27)/b13-8+/t19-/m0/s1. The van der Waals surface area contributed by atoms with Gasteiger partial charge in [-0.3, -0.25) is 4.79 Å². The van der Waals surface area contributed by atoms with Gasteiger partial charge in [0.1, 0.15) is 5.75 Å². The van der Waals surface area contributed by atoms with Crippen molar-refractivity contribution in [3.8, 4) is 5.75 Å². The van der Waals surface area contributed by atoms with E-state index in [1.165, 1.54) is 18.2 Å². The molecule has 5 nitrogen and oxygen atoms in total. The van der Waals surface area contributed by atoms with Crippen molar-refractivity contribution in [2.45, 2.75) is 31.3 Å². The number of alkyl halides is 3. The largest absolute Gasteiger partial charge is 0.573 e. The SMILES string of the molecule is O=C(/C=C/c1ccc(OC(F)(F)F)cc1)O[C@H](C(=O)NC1CC1)c1ccccc1. The molecule has 1 amide bonds. The Bertz CT molecular complexity index is 875. The molecule has 1 atom stereocenters. The fourth-order valence-electron chi connectivity index (χ4n) is 2.51. The molecule has 1 aliphatic rings. The second-order valence-corrected chi connectivity index (χ2v) is 6.46. The van der Waals surface area contributed by atoms with E-state index in [4.69, 9.17) is 4.74 Å². The summed E-state index contributed by atoms with van der Waals surface area (Å²) in [5.74, 6) is -1.51. The average molecular weight is 405 g/mol. The predicted molar refractivity (Wildman–Crippen MR) is 98.6 cm³/mol. The number of amides is 1. The molecule has 0 heterocycles. The second kappa shape index (κ2) is 8.81. The van der Waals surface area contributed by atoms with Crippen molar-refractivity contribution < 1.29 is 32.2 Å². The number of ether oxygens (including phenoxy) is 2. The maximum Gasteiger partial charge on any atom is 0.573 e. The van der Waals surface area contributed by atoms with Crippen molar-refractivity contribution in [1.82, 2.24) is 5.32 Å². The number of hydrogen-bond donors (Lipinski definition) is 1. The Hall–Kier alpha value is -3.29. The lowest BCUT2D eigenvalue weighted by molar-refractivity contribution is -0.274. The van der Waals surface area contributed by atoms with Crippen LogP contribution >= 0.6 is 0 Å². The van der Waals surface area contributed by atoms with E-state index in [1.807, 2.05) is 0 Å². The topological polar surface area (TPSA) is 64.6 Å². The van der Waals surface area contributed by atoms with Crippen molar-refractivity contribution in [2.75, 3.05) is 0 Å². The maximum absolute atomic E-state index is 12.4. The first-order valence-electron chi connectivity index (χ1n) is 8.90. The van der Waals surface area contributed by atoms with Crippen LogP contribution in [0, 0.1) is 0 Å². The molecular formula is C21H18F3NO4. The third kappa shape index (κ3) is 6.67. The van der Waals surface area contributed by atoms with Gasteiger partial charge in [-0.2, -0.15) is 0 Å². The summed E-state index contributed by atoms with van der Waals surface area (Å²) in [5.41, 5.74) is 1.01. The third-order valence-electron chi connectivity index (χ3n) is 4.02. The molecule has 0 saturated heterocycles. The number of halogens is 3. The molecule has 0 unspecified atom stereocenters. The van der Waals surface area contributed by atoms with E-state index < -0.39 is 24.3 Å². The van der Waals surface area contributed by atoms with Crippen molar-refractivity contribution in [2.24, 2.45) is 0 Å². The summed E-state index contributed by atoms with van der Waals surface area (Å²) >= 11 is 0. The van der Waals surface area contributed by atoms with Crippen LogP contribution in [0.4, 0.5) is 13.2 Å². The molecule has 1 N–H and O–H groups in total. The summed E-state index contributed by atoms with van der Waals surface area (Å²) < 4.78 is 45.6. The molecule has 8 heteroatoms. The minimum atomic E-state index is -4.77. The van der Waals surface area contributed by atoms with Crippen LogP contribution in [-0.2, 0) is 14.3 Å². The van der Waals surface area contributed by atoms with Gasteiger partial charge in [0.25, 0.3) is 5.91 Å². The maximum atomic E-state index is 12.4. The Balaban J connectivity index is 1.64. The smallest absolute Gasteiger partial charge is 0.444 e. The van der Waals surface area contributed by atoms with E-state index in [-0.39, 0.29) is 11.8 Å².